The number of fused-ring (bicyclic) bond motifs is 2. The number of benzene rings is 3. The Kier molecular flexibility index (Phi) is 6.68. The van der Waals surface area contributed by atoms with E-state index in [0.29, 0.717) is 46.6 Å². The first kappa shape index (κ1) is 26.6. The minimum Gasteiger partial charge on any atom is -0.455 e. The molecule has 0 atom stereocenters. The van der Waals surface area contributed by atoms with Crippen LogP contribution in [0.25, 0.3) is 22.3 Å². The highest BCUT2D eigenvalue weighted by Crippen LogP contribution is 2.48. The highest BCUT2D eigenvalue weighted by molar-refractivity contribution is 7.92. The molecule has 2 aliphatic rings. The predicted octanol–water partition coefficient (Wildman–Crippen LogP) is 3.70. The Labute approximate surface area is 231 Å². The van der Waals surface area contributed by atoms with Gasteiger partial charge in [-0.25, -0.2) is 12.8 Å². The number of hydrogen-bond acceptors (Lipinski definition) is 6. The van der Waals surface area contributed by atoms with Crippen LogP contribution < -0.4 is 15.1 Å². The van der Waals surface area contributed by atoms with Crippen LogP contribution in [0.3, 0.4) is 0 Å². The number of carbonyl (C=O) groups is 1. The van der Waals surface area contributed by atoms with Gasteiger partial charge < -0.3 is 19.4 Å². The van der Waals surface area contributed by atoms with Crippen molar-refractivity contribution in [1.82, 2.24) is 5.32 Å². The van der Waals surface area contributed by atoms with E-state index in [1.165, 1.54) is 29.7 Å². The van der Waals surface area contributed by atoms with Gasteiger partial charge in [0, 0.05) is 30.6 Å². The number of nitrogens with one attached hydrogen (secondary N) is 1. The molecule has 0 bridgehead atoms. The summed E-state index contributed by atoms with van der Waals surface area (Å²) in [6, 6.07) is 14.9. The van der Waals surface area contributed by atoms with Crippen molar-refractivity contribution < 1.29 is 31.7 Å². The Bertz CT molecular complexity index is 1730. The Balaban J connectivity index is 1.44. The smallest absolute Gasteiger partial charge is 0.455 e. The molecule has 2 heterocycles. The van der Waals surface area contributed by atoms with Crippen LogP contribution in [-0.4, -0.2) is 46.3 Å². The zero-order valence-corrected chi connectivity index (χ0v) is 22.9. The van der Waals surface area contributed by atoms with Gasteiger partial charge in [-0.1, -0.05) is 18.2 Å². The molecule has 1 amide bonds. The molecular weight excluding hydrogens is 534 g/mol. The molecule has 8 nitrogen and oxygen atoms in total. The van der Waals surface area contributed by atoms with Crippen LogP contribution in [0.4, 0.5) is 10.1 Å². The van der Waals surface area contributed by atoms with Gasteiger partial charge in [-0.2, -0.15) is 0 Å². The molecule has 11 heteroatoms. The highest BCUT2D eigenvalue weighted by Gasteiger charge is 2.33. The molecule has 1 aliphatic carbocycles. The quantitative estimate of drug-likeness (QED) is 0.317. The van der Waals surface area contributed by atoms with Crippen LogP contribution in [0, 0.1) is 5.82 Å². The summed E-state index contributed by atoms with van der Waals surface area (Å²) in [6.45, 7) is 0.505. The van der Waals surface area contributed by atoms with Crippen molar-refractivity contribution >= 4 is 45.2 Å². The second-order valence-corrected chi connectivity index (χ2v) is 12.3. The number of nitrogens with zero attached hydrogens (tertiary/aromatic N) is 1. The molecule has 206 valence electrons. The summed E-state index contributed by atoms with van der Waals surface area (Å²) in [7, 11) is -3.08. The van der Waals surface area contributed by atoms with E-state index in [1.807, 2.05) is 24.3 Å². The monoisotopic (exact) mass is 562 g/mol. The molecule has 0 spiro atoms. The molecule has 1 aromatic heterocycles. The molecule has 1 fully saturated rings. The summed E-state index contributed by atoms with van der Waals surface area (Å²) in [4.78, 5) is 13.0. The van der Waals surface area contributed by atoms with Gasteiger partial charge in [-0.05, 0) is 77.7 Å². The van der Waals surface area contributed by atoms with Crippen LogP contribution in [-0.2, 0) is 27.7 Å². The van der Waals surface area contributed by atoms with Crippen molar-refractivity contribution in [3.8, 4) is 11.3 Å². The van der Waals surface area contributed by atoms with Crippen molar-refractivity contribution in [2.45, 2.75) is 31.8 Å². The van der Waals surface area contributed by atoms with Gasteiger partial charge in [0.15, 0.2) is 0 Å². The molecule has 40 heavy (non-hydrogen) atoms. The molecule has 1 aliphatic heterocycles. The first-order valence-electron chi connectivity index (χ1n) is 13.1. The normalized spacial score (nSPS) is 14.9. The largest absolute Gasteiger partial charge is 0.491 e. The summed E-state index contributed by atoms with van der Waals surface area (Å²) in [5.74, 6) is -0.292. The molecule has 2 N–H and O–H groups in total. The fraction of sp³-hybridized carbons (Fsp3) is 0.276. The van der Waals surface area contributed by atoms with E-state index >= 15 is 0 Å². The number of anilines is 1. The van der Waals surface area contributed by atoms with Gasteiger partial charge in [0.2, 0.25) is 10.0 Å². The van der Waals surface area contributed by atoms with E-state index in [-0.39, 0.29) is 18.4 Å². The van der Waals surface area contributed by atoms with Gasteiger partial charge in [-0.15, -0.1) is 0 Å². The maximum absolute atomic E-state index is 13.6. The molecule has 3 aromatic carbocycles. The molecule has 0 radical (unpaired) electrons. The predicted molar refractivity (Wildman–Crippen MR) is 152 cm³/mol. The average molecular weight is 562 g/mol. The lowest BCUT2D eigenvalue weighted by Crippen LogP contribution is -2.33. The third kappa shape index (κ3) is 4.89. The zero-order valence-electron chi connectivity index (χ0n) is 22.1. The van der Waals surface area contributed by atoms with Crippen LogP contribution >= 0.6 is 0 Å². The van der Waals surface area contributed by atoms with Crippen molar-refractivity contribution in [1.29, 1.82) is 0 Å². The van der Waals surface area contributed by atoms with Gasteiger partial charge in [0.05, 0.1) is 24.1 Å². The zero-order chi connectivity index (χ0) is 28.2. The molecule has 4 aromatic rings. The fourth-order valence-corrected chi connectivity index (χ4v) is 6.31. The topological polar surface area (TPSA) is 109 Å². The second kappa shape index (κ2) is 10.1. The van der Waals surface area contributed by atoms with Crippen LogP contribution in [0.1, 0.15) is 45.8 Å². The van der Waals surface area contributed by atoms with Gasteiger partial charge in [0.1, 0.15) is 17.2 Å². The number of halogens is 1. The van der Waals surface area contributed by atoms with Crippen molar-refractivity contribution in [2.24, 2.45) is 0 Å². The van der Waals surface area contributed by atoms with Gasteiger partial charge >= 0.3 is 7.12 Å². The second-order valence-electron chi connectivity index (χ2n) is 10.4. The van der Waals surface area contributed by atoms with E-state index in [4.69, 9.17) is 9.07 Å². The highest BCUT2D eigenvalue weighted by atomic mass is 32.2. The third-order valence-electron chi connectivity index (χ3n) is 7.56. The average Bonchev–Trinajstić information content (AvgIpc) is 3.61. The van der Waals surface area contributed by atoms with E-state index in [9.17, 15) is 22.6 Å². The molecule has 0 saturated heterocycles. The lowest BCUT2D eigenvalue weighted by atomic mass is 9.79. The van der Waals surface area contributed by atoms with Crippen LogP contribution in [0.5, 0.6) is 0 Å². The molecule has 0 unspecified atom stereocenters. The molecule has 1 saturated carbocycles. The standard InChI is InChI=1S/C29H28BFN2O6S/c1-32-29(34)27-23-14-22(18-4-5-18)25(15-26(23)39-28(27)19-6-8-21(31)9-7-19)33(40(2,36)37)12-11-17-3-10-24-20(13-17)16-38-30(24)35/h3,6-10,13-15,18,35H,4-5,11-12,16H2,1-2H3,(H,32,34). The maximum Gasteiger partial charge on any atom is 0.491 e. The number of furan rings is 1. The van der Waals surface area contributed by atoms with Gasteiger partial charge in [0.25, 0.3) is 5.91 Å². The maximum atomic E-state index is 13.6. The third-order valence-corrected chi connectivity index (χ3v) is 8.74. The Morgan fingerprint density at radius 2 is 1.90 bits per heavy atom. The lowest BCUT2D eigenvalue weighted by molar-refractivity contribution is 0.0964. The fourth-order valence-electron chi connectivity index (χ4n) is 5.38. The molecular formula is C29H28BFN2O6S. The lowest BCUT2D eigenvalue weighted by Gasteiger charge is -2.25. The van der Waals surface area contributed by atoms with E-state index in [2.05, 4.69) is 5.32 Å². The SMILES string of the molecule is CNC(=O)c1c(-c2ccc(F)cc2)oc2cc(N(CCc3ccc4c(c3)COB4O)S(C)(=O)=O)c(C3CC3)cc12. The van der Waals surface area contributed by atoms with E-state index < -0.39 is 23.0 Å². The number of amides is 1. The van der Waals surface area contributed by atoms with Crippen LogP contribution in [0.2, 0.25) is 0 Å². The number of hydrogen-bond donors (Lipinski definition) is 2. The number of sulfonamides is 1. The summed E-state index contributed by atoms with van der Waals surface area (Å²) in [6.07, 6.45) is 3.46. The number of rotatable bonds is 8. The Morgan fingerprint density at radius 3 is 2.58 bits per heavy atom. The summed E-state index contributed by atoms with van der Waals surface area (Å²) < 4.78 is 52.8. The first-order chi connectivity index (χ1) is 19.1. The first-order valence-corrected chi connectivity index (χ1v) is 15.0. The minimum atomic E-state index is -3.68. The Hall–Kier alpha value is -3.67. The van der Waals surface area contributed by atoms with E-state index in [0.717, 1.165) is 35.0 Å². The summed E-state index contributed by atoms with van der Waals surface area (Å²) >= 11 is 0. The summed E-state index contributed by atoms with van der Waals surface area (Å²) in [5.41, 5.74) is 5.16. The van der Waals surface area contributed by atoms with Crippen molar-refractivity contribution in [3.63, 3.8) is 0 Å². The minimum absolute atomic E-state index is 0.170. The number of carbonyl (C=O) groups excluding carboxylic acids is 1. The van der Waals surface area contributed by atoms with E-state index in [1.54, 1.807) is 18.2 Å². The summed E-state index contributed by atoms with van der Waals surface area (Å²) in [5, 5.41) is 13.2. The van der Waals surface area contributed by atoms with Crippen LogP contribution in [0.15, 0.2) is 59.0 Å². The Morgan fingerprint density at radius 1 is 1.15 bits per heavy atom. The van der Waals surface area contributed by atoms with Gasteiger partial charge in [-0.3, -0.25) is 9.10 Å². The molecule has 6 rings (SSSR count). The van der Waals surface area contributed by atoms with Crippen molar-refractivity contribution in [3.05, 3.63) is 82.7 Å². The van der Waals surface area contributed by atoms with Crippen molar-refractivity contribution in [2.75, 3.05) is 24.2 Å².